The number of rotatable bonds is 10. The van der Waals surface area contributed by atoms with Gasteiger partial charge in [0.2, 0.25) is 5.91 Å². The minimum atomic E-state index is 0.144. The van der Waals surface area contributed by atoms with Gasteiger partial charge in [-0.05, 0) is 24.5 Å². The molecule has 1 aromatic rings. The fourth-order valence-electron chi connectivity index (χ4n) is 2.27. The highest BCUT2D eigenvalue weighted by Gasteiger charge is 2.09. The van der Waals surface area contributed by atoms with E-state index in [4.69, 9.17) is 0 Å². The Morgan fingerprint density at radius 1 is 0.952 bits per heavy atom. The molecule has 0 fully saturated rings. The number of benzene rings is 1. The summed E-state index contributed by atoms with van der Waals surface area (Å²) in [6.45, 7) is 6.15. The average molecular weight is 287 g/mol. The fourth-order valence-corrected chi connectivity index (χ4v) is 2.27. The largest absolute Gasteiger partial charge is 0.339 e. The van der Waals surface area contributed by atoms with Crippen molar-refractivity contribution in [1.82, 2.24) is 4.90 Å². The van der Waals surface area contributed by atoms with Crippen LogP contribution in [-0.2, 0) is 4.79 Å². The van der Waals surface area contributed by atoms with Crippen LogP contribution in [-0.4, -0.2) is 23.9 Å². The van der Waals surface area contributed by atoms with Gasteiger partial charge in [-0.3, -0.25) is 4.79 Å². The van der Waals surface area contributed by atoms with Gasteiger partial charge in [0, 0.05) is 19.2 Å². The van der Waals surface area contributed by atoms with Crippen molar-refractivity contribution in [2.75, 3.05) is 13.1 Å². The van der Waals surface area contributed by atoms with Crippen LogP contribution in [0.4, 0.5) is 0 Å². The SMILES string of the molecule is CCCCCN(CCCCC)C(=O)C=Cc1ccccc1. The normalized spacial score (nSPS) is 11.0. The Labute approximate surface area is 129 Å². The van der Waals surface area contributed by atoms with Crippen molar-refractivity contribution in [3.05, 3.63) is 42.0 Å². The molecule has 0 spiro atoms. The molecule has 0 bridgehead atoms. The molecule has 0 aliphatic rings. The van der Waals surface area contributed by atoms with E-state index in [1.807, 2.05) is 41.3 Å². The van der Waals surface area contributed by atoms with E-state index >= 15 is 0 Å². The lowest BCUT2D eigenvalue weighted by Gasteiger charge is -2.21. The maximum atomic E-state index is 12.3. The Kier molecular flexibility index (Phi) is 9.26. The number of carbonyl (C=O) groups excluding carboxylic acids is 1. The Morgan fingerprint density at radius 2 is 1.52 bits per heavy atom. The molecular formula is C19H29NO. The summed E-state index contributed by atoms with van der Waals surface area (Å²) in [5.74, 6) is 0.144. The zero-order chi connectivity index (χ0) is 15.3. The molecule has 0 aromatic heterocycles. The molecule has 0 heterocycles. The summed E-state index contributed by atoms with van der Waals surface area (Å²) in [4.78, 5) is 14.3. The number of hydrogen-bond acceptors (Lipinski definition) is 1. The van der Waals surface area contributed by atoms with Crippen molar-refractivity contribution < 1.29 is 4.79 Å². The van der Waals surface area contributed by atoms with E-state index < -0.39 is 0 Å². The van der Waals surface area contributed by atoms with Gasteiger partial charge in [-0.25, -0.2) is 0 Å². The van der Waals surface area contributed by atoms with Gasteiger partial charge >= 0.3 is 0 Å². The van der Waals surface area contributed by atoms with Gasteiger partial charge in [-0.15, -0.1) is 0 Å². The molecular weight excluding hydrogens is 258 g/mol. The quantitative estimate of drug-likeness (QED) is 0.442. The average Bonchev–Trinajstić information content (AvgIpc) is 2.52. The van der Waals surface area contributed by atoms with Crippen LogP contribution in [0.25, 0.3) is 6.08 Å². The fraction of sp³-hybridized carbons (Fsp3) is 0.526. The number of hydrogen-bond donors (Lipinski definition) is 0. The molecule has 1 rings (SSSR count). The summed E-state index contributed by atoms with van der Waals surface area (Å²) in [5.41, 5.74) is 1.08. The van der Waals surface area contributed by atoms with Gasteiger partial charge in [0.05, 0.1) is 0 Å². The highest BCUT2D eigenvalue weighted by molar-refractivity contribution is 5.91. The lowest BCUT2D eigenvalue weighted by Crippen LogP contribution is -2.31. The van der Waals surface area contributed by atoms with E-state index in [1.54, 1.807) is 6.08 Å². The molecule has 21 heavy (non-hydrogen) atoms. The van der Waals surface area contributed by atoms with E-state index in [2.05, 4.69) is 13.8 Å². The van der Waals surface area contributed by atoms with Crippen molar-refractivity contribution in [3.63, 3.8) is 0 Å². The molecule has 0 saturated heterocycles. The minimum absolute atomic E-state index is 0.144. The van der Waals surface area contributed by atoms with Gasteiger partial charge in [0.1, 0.15) is 0 Å². The number of amides is 1. The molecule has 116 valence electrons. The number of unbranched alkanes of at least 4 members (excludes halogenated alkanes) is 4. The summed E-state index contributed by atoms with van der Waals surface area (Å²) in [7, 11) is 0. The predicted molar refractivity (Wildman–Crippen MR) is 91.1 cm³/mol. The summed E-state index contributed by atoms with van der Waals surface area (Å²) >= 11 is 0. The molecule has 2 nitrogen and oxygen atoms in total. The first-order valence-corrected chi connectivity index (χ1v) is 8.30. The van der Waals surface area contributed by atoms with Crippen LogP contribution in [0.15, 0.2) is 36.4 Å². The van der Waals surface area contributed by atoms with Crippen LogP contribution >= 0.6 is 0 Å². The maximum absolute atomic E-state index is 12.3. The third-order valence-corrected chi connectivity index (χ3v) is 3.59. The van der Waals surface area contributed by atoms with Crippen LogP contribution in [0.3, 0.4) is 0 Å². The van der Waals surface area contributed by atoms with Gasteiger partial charge in [-0.1, -0.05) is 69.9 Å². The van der Waals surface area contributed by atoms with Crippen molar-refractivity contribution in [3.8, 4) is 0 Å². The van der Waals surface area contributed by atoms with E-state index in [9.17, 15) is 4.79 Å². The van der Waals surface area contributed by atoms with Gasteiger partial charge in [-0.2, -0.15) is 0 Å². The monoisotopic (exact) mass is 287 g/mol. The summed E-state index contributed by atoms with van der Waals surface area (Å²) in [6, 6.07) is 10.0. The number of nitrogens with zero attached hydrogens (tertiary/aromatic N) is 1. The first-order valence-electron chi connectivity index (χ1n) is 8.30. The van der Waals surface area contributed by atoms with Crippen LogP contribution in [0.2, 0.25) is 0 Å². The van der Waals surface area contributed by atoms with Crippen LogP contribution in [0.1, 0.15) is 57.9 Å². The second-order valence-corrected chi connectivity index (χ2v) is 5.48. The van der Waals surface area contributed by atoms with Gasteiger partial charge in [0.15, 0.2) is 0 Å². The molecule has 0 unspecified atom stereocenters. The molecule has 1 aromatic carbocycles. The first-order chi connectivity index (χ1) is 10.3. The van der Waals surface area contributed by atoms with E-state index in [1.165, 1.54) is 25.7 Å². The molecule has 0 aliphatic carbocycles. The van der Waals surface area contributed by atoms with Crippen molar-refractivity contribution in [1.29, 1.82) is 0 Å². The van der Waals surface area contributed by atoms with Gasteiger partial charge in [0.25, 0.3) is 0 Å². The van der Waals surface area contributed by atoms with Crippen LogP contribution in [0.5, 0.6) is 0 Å². The number of carbonyl (C=O) groups is 1. The molecule has 0 aliphatic heterocycles. The summed E-state index contributed by atoms with van der Waals surface area (Å²) in [5, 5.41) is 0. The summed E-state index contributed by atoms with van der Waals surface area (Å²) < 4.78 is 0. The second kappa shape index (κ2) is 11.1. The van der Waals surface area contributed by atoms with Crippen LogP contribution in [0, 0.1) is 0 Å². The van der Waals surface area contributed by atoms with E-state index in [-0.39, 0.29) is 5.91 Å². The van der Waals surface area contributed by atoms with Crippen molar-refractivity contribution in [2.24, 2.45) is 0 Å². The molecule has 1 amide bonds. The van der Waals surface area contributed by atoms with Crippen molar-refractivity contribution >= 4 is 12.0 Å². The Balaban J connectivity index is 2.54. The molecule has 0 saturated carbocycles. The zero-order valence-corrected chi connectivity index (χ0v) is 13.6. The minimum Gasteiger partial charge on any atom is -0.339 e. The predicted octanol–water partition coefficient (Wildman–Crippen LogP) is 4.91. The maximum Gasteiger partial charge on any atom is 0.246 e. The Morgan fingerprint density at radius 3 is 2.05 bits per heavy atom. The zero-order valence-electron chi connectivity index (χ0n) is 13.6. The van der Waals surface area contributed by atoms with E-state index in [0.29, 0.717) is 0 Å². The Bertz CT molecular complexity index is 401. The molecule has 0 atom stereocenters. The molecule has 0 radical (unpaired) electrons. The Hall–Kier alpha value is -1.57. The lowest BCUT2D eigenvalue weighted by molar-refractivity contribution is -0.126. The standard InChI is InChI=1S/C19H29NO/c1-3-5-10-16-20(17-11-6-4-2)19(21)15-14-18-12-8-7-9-13-18/h7-9,12-15H,3-6,10-11,16-17H2,1-2H3. The van der Waals surface area contributed by atoms with Crippen molar-refractivity contribution in [2.45, 2.75) is 52.4 Å². The van der Waals surface area contributed by atoms with E-state index in [0.717, 1.165) is 31.5 Å². The topological polar surface area (TPSA) is 20.3 Å². The highest BCUT2D eigenvalue weighted by atomic mass is 16.2. The third-order valence-electron chi connectivity index (χ3n) is 3.59. The molecule has 2 heteroatoms. The second-order valence-electron chi connectivity index (χ2n) is 5.48. The highest BCUT2D eigenvalue weighted by Crippen LogP contribution is 2.06. The molecule has 0 N–H and O–H groups in total. The summed E-state index contributed by atoms with van der Waals surface area (Å²) in [6.07, 6.45) is 10.6. The third kappa shape index (κ3) is 7.69. The first kappa shape index (κ1) is 17.5. The lowest BCUT2D eigenvalue weighted by atomic mass is 10.2. The van der Waals surface area contributed by atoms with Gasteiger partial charge < -0.3 is 4.90 Å². The smallest absolute Gasteiger partial charge is 0.246 e. The van der Waals surface area contributed by atoms with Crippen LogP contribution < -0.4 is 0 Å².